The van der Waals surface area contributed by atoms with Crippen molar-refractivity contribution in [1.82, 2.24) is 20.0 Å². The molecule has 2 aromatic rings. The second kappa shape index (κ2) is 7.31. The van der Waals surface area contributed by atoms with Crippen molar-refractivity contribution < 1.29 is 14.1 Å². The summed E-state index contributed by atoms with van der Waals surface area (Å²) in [5, 5.41) is 4.00. The maximum atomic E-state index is 12.4. The first-order valence-corrected chi connectivity index (χ1v) is 8.93. The van der Waals surface area contributed by atoms with Gasteiger partial charge in [-0.3, -0.25) is 9.78 Å². The van der Waals surface area contributed by atoms with Crippen molar-refractivity contribution in [3.63, 3.8) is 0 Å². The summed E-state index contributed by atoms with van der Waals surface area (Å²) in [7, 11) is 0. The van der Waals surface area contributed by atoms with Gasteiger partial charge in [-0.25, -0.2) is 0 Å². The van der Waals surface area contributed by atoms with Gasteiger partial charge in [0, 0.05) is 43.4 Å². The molecule has 132 valence electrons. The number of carbonyl (C=O) groups excluding carboxylic acids is 1. The smallest absolute Gasteiger partial charge is 0.253 e. The summed E-state index contributed by atoms with van der Waals surface area (Å²) in [5.74, 6) is 2.06. The molecule has 1 amide bonds. The highest BCUT2D eigenvalue weighted by molar-refractivity contribution is 5.94. The highest BCUT2D eigenvalue weighted by atomic mass is 16.5. The molecule has 1 saturated heterocycles. The molecule has 0 atom stereocenters. The molecule has 0 radical (unpaired) electrons. The molecule has 1 saturated carbocycles. The van der Waals surface area contributed by atoms with Gasteiger partial charge in [-0.2, -0.15) is 4.98 Å². The van der Waals surface area contributed by atoms with Crippen LogP contribution in [0.5, 0.6) is 0 Å². The molecule has 2 aromatic heterocycles. The molecule has 3 heterocycles. The monoisotopic (exact) mass is 342 g/mol. The van der Waals surface area contributed by atoms with E-state index in [0.29, 0.717) is 24.5 Å². The third kappa shape index (κ3) is 4.04. The number of amides is 1. The molecule has 25 heavy (non-hydrogen) atoms. The van der Waals surface area contributed by atoms with Crippen LogP contribution in [-0.2, 0) is 11.2 Å². The van der Waals surface area contributed by atoms with E-state index in [-0.39, 0.29) is 12.0 Å². The third-order valence-corrected chi connectivity index (χ3v) is 4.75. The van der Waals surface area contributed by atoms with Gasteiger partial charge < -0.3 is 14.2 Å². The molecule has 7 heteroatoms. The summed E-state index contributed by atoms with van der Waals surface area (Å²) in [4.78, 5) is 22.6. The van der Waals surface area contributed by atoms with E-state index in [1.165, 1.54) is 0 Å². The largest absolute Gasteiger partial charge is 0.378 e. The molecule has 0 bridgehead atoms. The summed E-state index contributed by atoms with van der Waals surface area (Å²) >= 11 is 0. The van der Waals surface area contributed by atoms with Crippen molar-refractivity contribution in [2.75, 3.05) is 19.7 Å². The zero-order valence-corrected chi connectivity index (χ0v) is 14.1. The van der Waals surface area contributed by atoms with E-state index in [4.69, 9.17) is 9.26 Å². The van der Waals surface area contributed by atoms with Crippen LogP contribution in [0.3, 0.4) is 0 Å². The second-order valence-corrected chi connectivity index (χ2v) is 6.67. The Morgan fingerprint density at radius 1 is 1.20 bits per heavy atom. The predicted octanol–water partition coefficient (Wildman–Crippen LogP) is 2.21. The van der Waals surface area contributed by atoms with E-state index in [0.717, 1.165) is 50.5 Å². The highest BCUT2D eigenvalue weighted by Crippen LogP contribution is 2.38. The lowest BCUT2D eigenvalue weighted by molar-refractivity contribution is 0.00947. The number of rotatable bonds is 6. The summed E-state index contributed by atoms with van der Waals surface area (Å²) in [6.45, 7) is 2.03. The number of likely N-dealkylation sites (tertiary alicyclic amines) is 1. The molecule has 1 aliphatic carbocycles. The lowest BCUT2D eigenvalue weighted by Crippen LogP contribution is -2.41. The minimum Gasteiger partial charge on any atom is -0.378 e. The van der Waals surface area contributed by atoms with E-state index in [9.17, 15) is 4.79 Å². The minimum absolute atomic E-state index is 0.0697. The molecule has 2 fully saturated rings. The number of pyridine rings is 1. The van der Waals surface area contributed by atoms with E-state index in [1.807, 2.05) is 4.90 Å². The van der Waals surface area contributed by atoms with E-state index in [2.05, 4.69) is 15.1 Å². The average molecular weight is 342 g/mol. The lowest BCUT2D eigenvalue weighted by atomic mass is 10.1. The van der Waals surface area contributed by atoms with E-state index >= 15 is 0 Å². The number of piperidine rings is 1. The second-order valence-electron chi connectivity index (χ2n) is 6.67. The summed E-state index contributed by atoms with van der Waals surface area (Å²) in [6.07, 6.45) is 8.20. The zero-order chi connectivity index (χ0) is 17.1. The normalized spacial score (nSPS) is 18.5. The molecular weight excluding hydrogens is 320 g/mol. The molecule has 7 nitrogen and oxygen atoms in total. The Morgan fingerprint density at radius 3 is 2.68 bits per heavy atom. The van der Waals surface area contributed by atoms with Gasteiger partial charge in [0.05, 0.1) is 12.7 Å². The Labute approximate surface area is 146 Å². The molecule has 0 unspecified atom stereocenters. The SMILES string of the molecule is O=C(c1ccncc1)N1CCC(OCCc2noc(C3CC3)n2)CC1. The molecule has 0 N–H and O–H groups in total. The summed E-state index contributed by atoms with van der Waals surface area (Å²) in [5.41, 5.74) is 0.693. The van der Waals surface area contributed by atoms with Crippen molar-refractivity contribution >= 4 is 5.91 Å². The fourth-order valence-corrected chi connectivity index (χ4v) is 3.08. The van der Waals surface area contributed by atoms with E-state index in [1.54, 1.807) is 24.5 Å². The Bertz CT molecular complexity index is 706. The first-order valence-electron chi connectivity index (χ1n) is 8.93. The minimum atomic E-state index is 0.0697. The molecule has 4 rings (SSSR count). The quantitative estimate of drug-likeness (QED) is 0.800. The van der Waals surface area contributed by atoms with Crippen molar-refractivity contribution in [3.05, 3.63) is 41.8 Å². The van der Waals surface area contributed by atoms with Gasteiger partial charge in [0.1, 0.15) is 0 Å². The van der Waals surface area contributed by atoms with Crippen LogP contribution in [0.1, 0.15) is 53.7 Å². The summed E-state index contributed by atoms with van der Waals surface area (Å²) in [6, 6.07) is 3.51. The number of carbonyl (C=O) groups is 1. The number of ether oxygens (including phenoxy) is 1. The van der Waals surface area contributed by atoms with Gasteiger partial charge in [-0.1, -0.05) is 5.16 Å². The Kier molecular flexibility index (Phi) is 4.74. The van der Waals surface area contributed by atoms with Crippen molar-refractivity contribution in [1.29, 1.82) is 0 Å². The van der Waals surface area contributed by atoms with Crippen molar-refractivity contribution in [2.24, 2.45) is 0 Å². The molecule has 1 aliphatic heterocycles. The Morgan fingerprint density at radius 2 is 1.96 bits per heavy atom. The van der Waals surface area contributed by atoms with Crippen LogP contribution in [0.25, 0.3) is 0 Å². The van der Waals surface area contributed by atoms with Gasteiger partial charge in [0.15, 0.2) is 5.82 Å². The standard InChI is InChI=1S/C18H22N4O3/c23-18(14-3-8-19-9-4-14)22-10-5-15(6-11-22)24-12-7-16-20-17(25-21-16)13-1-2-13/h3-4,8-9,13,15H,1-2,5-7,10-12H2. The van der Waals surface area contributed by atoms with Crippen LogP contribution in [0.15, 0.2) is 29.0 Å². The predicted molar refractivity (Wildman–Crippen MR) is 89.1 cm³/mol. The van der Waals surface area contributed by atoms with Gasteiger partial charge >= 0.3 is 0 Å². The van der Waals surface area contributed by atoms with Crippen LogP contribution in [-0.4, -0.2) is 51.7 Å². The third-order valence-electron chi connectivity index (χ3n) is 4.75. The highest BCUT2D eigenvalue weighted by Gasteiger charge is 2.29. The Balaban J connectivity index is 1.19. The molecule has 2 aliphatic rings. The van der Waals surface area contributed by atoms with E-state index < -0.39 is 0 Å². The average Bonchev–Trinajstić information content (AvgIpc) is 3.41. The summed E-state index contributed by atoms with van der Waals surface area (Å²) < 4.78 is 11.2. The molecule has 0 spiro atoms. The maximum absolute atomic E-state index is 12.4. The van der Waals surface area contributed by atoms with Gasteiger partial charge in [-0.05, 0) is 37.8 Å². The fourth-order valence-electron chi connectivity index (χ4n) is 3.08. The number of hydrogen-bond acceptors (Lipinski definition) is 6. The van der Waals surface area contributed by atoms with Crippen LogP contribution >= 0.6 is 0 Å². The van der Waals surface area contributed by atoms with Crippen LogP contribution in [0.4, 0.5) is 0 Å². The fraction of sp³-hybridized carbons (Fsp3) is 0.556. The van der Waals surface area contributed by atoms with Gasteiger partial charge in [0.2, 0.25) is 5.89 Å². The lowest BCUT2D eigenvalue weighted by Gasteiger charge is -2.32. The molecular formula is C18H22N4O3. The van der Waals surface area contributed by atoms with Gasteiger partial charge in [0.25, 0.3) is 5.91 Å². The van der Waals surface area contributed by atoms with Gasteiger partial charge in [-0.15, -0.1) is 0 Å². The number of nitrogens with zero attached hydrogens (tertiary/aromatic N) is 4. The number of aromatic nitrogens is 3. The van der Waals surface area contributed by atoms with Crippen molar-refractivity contribution in [3.8, 4) is 0 Å². The van der Waals surface area contributed by atoms with Crippen LogP contribution < -0.4 is 0 Å². The van der Waals surface area contributed by atoms with Crippen LogP contribution in [0.2, 0.25) is 0 Å². The van der Waals surface area contributed by atoms with Crippen molar-refractivity contribution in [2.45, 2.75) is 44.1 Å². The topological polar surface area (TPSA) is 81.4 Å². The molecule has 0 aromatic carbocycles. The maximum Gasteiger partial charge on any atom is 0.253 e. The number of hydrogen-bond donors (Lipinski definition) is 0. The Hall–Kier alpha value is -2.28. The first-order chi connectivity index (χ1) is 12.3. The van der Waals surface area contributed by atoms with Crippen LogP contribution in [0, 0.1) is 0 Å². The zero-order valence-electron chi connectivity index (χ0n) is 14.1. The first kappa shape index (κ1) is 16.2.